The van der Waals surface area contributed by atoms with Gasteiger partial charge < -0.3 is 19.7 Å². The zero-order chi connectivity index (χ0) is 24.0. The summed E-state index contributed by atoms with van der Waals surface area (Å²) in [6.07, 6.45) is -0.437. The Kier molecular flexibility index (Phi) is 7.21. The summed E-state index contributed by atoms with van der Waals surface area (Å²) < 4.78 is 28.1. The Balaban J connectivity index is 1.72. The molecule has 2 N–H and O–H groups in total. The Labute approximate surface area is 197 Å². The van der Waals surface area contributed by atoms with Crippen molar-refractivity contribution in [3.8, 4) is 0 Å². The molecule has 0 amide bonds. The number of aliphatic hydroxyl groups excluding tert-OH is 1. The zero-order valence-corrected chi connectivity index (χ0v) is 18.4. The van der Waals surface area contributed by atoms with Gasteiger partial charge in [-0.25, -0.2) is 4.79 Å². The molecule has 0 aromatic heterocycles. The smallest absolute Gasteiger partial charge is 0.335 e. The molecule has 1 aliphatic carbocycles. The third-order valence-electron chi connectivity index (χ3n) is 5.65. The molecule has 4 rings (SSSR count). The van der Waals surface area contributed by atoms with E-state index in [0.717, 1.165) is 17.2 Å². The molecule has 0 fully saturated rings. The number of carboxylic acids is 1. The van der Waals surface area contributed by atoms with Gasteiger partial charge in [0, 0.05) is 0 Å². The van der Waals surface area contributed by atoms with E-state index in [-0.39, 0.29) is 30.8 Å². The lowest BCUT2D eigenvalue weighted by atomic mass is 9.85. The maximum absolute atomic E-state index is 16.5. The summed E-state index contributed by atoms with van der Waals surface area (Å²) in [6.45, 7) is -0.133. The Morgan fingerprint density at radius 3 is 1.85 bits per heavy atom. The Morgan fingerprint density at radius 1 is 0.824 bits per heavy atom. The quantitative estimate of drug-likeness (QED) is 0.439. The standard InChI is InChI=1S/C28H25FO5/c29-28(34-19-22-14-8-3-9-15-22)25(30)17-24(27(31)32)23(16-20-10-4-1-5-11-20)26(28)33-18-21-12-6-2-7-13-21/h1-15,17,26,30H,16,18-19H2,(H,31,32). The van der Waals surface area contributed by atoms with E-state index in [1.54, 1.807) is 24.3 Å². The number of halogens is 1. The number of hydrogen-bond acceptors (Lipinski definition) is 4. The van der Waals surface area contributed by atoms with Crippen molar-refractivity contribution in [2.75, 3.05) is 0 Å². The van der Waals surface area contributed by atoms with Crippen LogP contribution in [-0.2, 0) is 33.9 Å². The molecule has 0 saturated carbocycles. The molecular weight excluding hydrogens is 435 g/mol. The molecule has 3 aromatic carbocycles. The number of alkyl halides is 1. The molecular formula is C28H25FO5. The average molecular weight is 461 g/mol. The van der Waals surface area contributed by atoms with Gasteiger partial charge >= 0.3 is 5.97 Å². The highest BCUT2D eigenvalue weighted by atomic mass is 19.2. The average Bonchev–Trinajstić information content (AvgIpc) is 2.86. The first-order valence-electron chi connectivity index (χ1n) is 10.9. The molecule has 0 heterocycles. The molecule has 0 aliphatic heterocycles. The van der Waals surface area contributed by atoms with Crippen molar-refractivity contribution in [1.29, 1.82) is 0 Å². The van der Waals surface area contributed by atoms with Gasteiger partial charge in [0.05, 0.1) is 18.8 Å². The molecule has 2 unspecified atom stereocenters. The van der Waals surface area contributed by atoms with Crippen LogP contribution < -0.4 is 0 Å². The second kappa shape index (κ2) is 10.5. The predicted molar refractivity (Wildman–Crippen MR) is 126 cm³/mol. The first-order valence-corrected chi connectivity index (χ1v) is 10.9. The highest BCUT2D eigenvalue weighted by Gasteiger charge is 2.51. The summed E-state index contributed by atoms with van der Waals surface area (Å²) in [5.74, 6) is -4.89. The van der Waals surface area contributed by atoms with E-state index < -0.39 is 23.7 Å². The molecule has 0 spiro atoms. The number of hydrogen-bond donors (Lipinski definition) is 2. The fourth-order valence-corrected chi connectivity index (χ4v) is 3.90. The maximum atomic E-state index is 16.5. The van der Waals surface area contributed by atoms with Crippen LogP contribution in [0.25, 0.3) is 0 Å². The van der Waals surface area contributed by atoms with Gasteiger partial charge in [-0.3, -0.25) is 0 Å². The summed E-state index contributed by atoms with van der Waals surface area (Å²) in [4.78, 5) is 12.1. The number of carboxylic acid groups (broad SMARTS) is 1. The summed E-state index contributed by atoms with van der Waals surface area (Å²) in [5, 5.41) is 20.5. The first kappa shape index (κ1) is 23.4. The van der Waals surface area contributed by atoms with Crippen LogP contribution in [-0.4, -0.2) is 28.1 Å². The highest BCUT2D eigenvalue weighted by Crippen LogP contribution is 2.41. The molecule has 1 aliphatic rings. The monoisotopic (exact) mass is 460 g/mol. The van der Waals surface area contributed by atoms with Crippen LogP contribution in [0.1, 0.15) is 16.7 Å². The number of aliphatic hydroxyl groups is 1. The van der Waals surface area contributed by atoms with Crippen molar-refractivity contribution >= 4 is 5.97 Å². The second-order valence-corrected chi connectivity index (χ2v) is 8.03. The zero-order valence-electron chi connectivity index (χ0n) is 18.4. The molecule has 3 aromatic rings. The molecule has 0 saturated heterocycles. The normalized spacial score (nSPS) is 20.1. The number of ether oxygens (including phenoxy) is 2. The predicted octanol–water partition coefficient (Wildman–Crippen LogP) is 5.53. The van der Waals surface area contributed by atoms with Gasteiger partial charge in [-0.2, -0.15) is 4.39 Å². The molecule has 34 heavy (non-hydrogen) atoms. The molecule has 0 radical (unpaired) electrons. The van der Waals surface area contributed by atoms with Gasteiger partial charge in [-0.15, -0.1) is 0 Å². The number of rotatable bonds is 9. The lowest BCUT2D eigenvalue weighted by Crippen LogP contribution is -2.48. The van der Waals surface area contributed by atoms with Crippen molar-refractivity contribution in [1.82, 2.24) is 0 Å². The minimum Gasteiger partial charge on any atom is -0.506 e. The van der Waals surface area contributed by atoms with Crippen molar-refractivity contribution in [3.63, 3.8) is 0 Å². The van der Waals surface area contributed by atoms with Crippen LogP contribution in [0.3, 0.4) is 0 Å². The third-order valence-corrected chi connectivity index (χ3v) is 5.65. The van der Waals surface area contributed by atoms with Crippen LogP contribution in [0.5, 0.6) is 0 Å². The van der Waals surface area contributed by atoms with Crippen molar-refractivity contribution in [3.05, 3.63) is 131 Å². The van der Waals surface area contributed by atoms with Gasteiger partial charge in [-0.1, -0.05) is 91.0 Å². The first-order chi connectivity index (χ1) is 16.5. The van der Waals surface area contributed by atoms with Crippen LogP contribution in [0.15, 0.2) is 114 Å². The minimum absolute atomic E-state index is 0.00431. The van der Waals surface area contributed by atoms with Crippen molar-refractivity contribution in [2.24, 2.45) is 0 Å². The summed E-state index contributed by atoms with van der Waals surface area (Å²) in [6, 6.07) is 27.3. The van der Waals surface area contributed by atoms with Gasteiger partial charge in [0.1, 0.15) is 6.10 Å². The topological polar surface area (TPSA) is 76.0 Å². The van der Waals surface area contributed by atoms with Crippen LogP contribution in [0, 0.1) is 0 Å². The van der Waals surface area contributed by atoms with Crippen LogP contribution in [0.4, 0.5) is 4.39 Å². The van der Waals surface area contributed by atoms with E-state index in [9.17, 15) is 15.0 Å². The summed E-state index contributed by atoms with van der Waals surface area (Å²) >= 11 is 0. The van der Waals surface area contributed by atoms with Crippen molar-refractivity contribution in [2.45, 2.75) is 31.6 Å². The highest BCUT2D eigenvalue weighted by molar-refractivity contribution is 5.92. The third kappa shape index (κ3) is 5.25. The van der Waals surface area contributed by atoms with Crippen LogP contribution in [0.2, 0.25) is 0 Å². The van der Waals surface area contributed by atoms with E-state index in [1.807, 2.05) is 66.7 Å². The van der Waals surface area contributed by atoms with Crippen LogP contribution >= 0.6 is 0 Å². The molecule has 6 heteroatoms. The maximum Gasteiger partial charge on any atom is 0.335 e. The van der Waals surface area contributed by atoms with E-state index in [1.165, 1.54) is 0 Å². The van der Waals surface area contributed by atoms with Crippen molar-refractivity contribution < 1.29 is 28.9 Å². The molecule has 5 nitrogen and oxygen atoms in total. The fourth-order valence-electron chi connectivity index (χ4n) is 3.90. The van der Waals surface area contributed by atoms with Gasteiger partial charge in [0.25, 0.3) is 5.85 Å². The molecule has 2 atom stereocenters. The SMILES string of the molecule is O=C(O)C1=C(Cc2ccccc2)C(OCc2ccccc2)C(F)(OCc2ccccc2)C(O)=C1. The van der Waals surface area contributed by atoms with E-state index in [0.29, 0.717) is 5.56 Å². The molecule has 174 valence electrons. The Hall–Kier alpha value is -3.74. The Morgan fingerprint density at radius 2 is 1.32 bits per heavy atom. The van der Waals surface area contributed by atoms with E-state index >= 15 is 4.39 Å². The van der Waals surface area contributed by atoms with Gasteiger partial charge in [0.15, 0.2) is 5.76 Å². The fraction of sp³-hybridized carbons (Fsp3) is 0.179. The van der Waals surface area contributed by atoms with E-state index in [4.69, 9.17) is 9.47 Å². The minimum atomic E-state index is -2.77. The Bertz CT molecular complexity index is 1180. The van der Waals surface area contributed by atoms with Gasteiger partial charge in [0.2, 0.25) is 0 Å². The second-order valence-electron chi connectivity index (χ2n) is 8.03. The summed E-state index contributed by atoms with van der Waals surface area (Å²) in [7, 11) is 0. The number of aliphatic carboxylic acids is 1. The molecule has 0 bridgehead atoms. The van der Waals surface area contributed by atoms with E-state index in [2.05, 4.69) is 0 Å². The summed E-state index contributed by atoms with van der Waals surface area (Å²) in [5.41, 5.74) is 2.23. The lowest BCUT2D eigenvalue weighted by Gasteiger charge is -2.37. The number of benzene rings is 3. The van der Waals surface area contributed by atoms with Gasteiger partial charge in [-0.05, 0) is 34.8 Å². The number of carbonyl (C=O) groups is 1. The largest absolute Gasteiger partial charge is 0.506 e. The lowest BCUT2D eigenvalue weighted by molar-refractivity contribution is -0.214.